The van der Waals surface area contributed by atoms with Crippen molar-refractivity contribution in [1.29, 1.82) is 0 Å². The maximum atomic E-state index is 8.17. The largest absolute Gasteiger partial charge is 0.394 e. The lowest BCUT2D eigenvalue weighted by Crippen LogP contribution is -2.15. The Balaban J connectivity index is 0.000000286. The number of hydrogen-bond acceptors (Lipinski definition) is 6. The molecule has 0 saturated heterocycles. The third kappa shape index (κ3) is 6.07. The average Bonchev–Trinajstić information content (AvgIpc) is 2.99. The SMILES string of the molecule is Clc1ccccc1CCn1cnnn1.OCC(O)CO. The fourth-order valence-corrected chi connectivity index (χ4v) is 1.51. The second-order valence-corrected chi connectivity index (χ2v) is 4.34. The maximum absolute atomic E-state index is 8.17. The number of aromatic nitrogens is 4. The summed E-state index contributed by atoms with van der Waals surface area (Å²) in [6, 6.07) is 7.78. The number of halogens is 1. The number of hydrogen-bond donors (Lipinski definition) is 3. The van der Waals surface area contributed by atoms with Gasteiger partial charge in [-0.3, -0.25) is 0 Å². The van der Waals surface area contributed by atoms with E-state index in [-0.39, 0.29) is 13.2 Å². The van der Waals surface area contributed by atoms with Crippen LogP contribution >= 0.6 is 11.6 Å². The molecule has 2 aromatic rings. The molecule has 110 valence electrons. The Hall–Kier alpha value is -1.54. The molecule has 20 heavy (non-hydrogen) atoms. The number of aliphatic hydroxyl groups excluding tert-OH is 3. The van der Waals surface area contributed by atoms with Crippen molar-refractivity contribution in [3.8, 4) is 0 Å². The summed E-state index contributed by atoms with van der Waals surface area (Å²) in [5, 5.41) is 35.7. The molecular formula is C12H17ClN4O3. The summed E-state index contributed by atoms with van der Waals surface area (Å²) in [5.74, 6) is 0. The van der Waals surface area contributed by atoms with Gasteiger partial charge >= 0.3 is 0 Å². The quantitative estimate of drug-likeness (QED) is 0.712. The van der Waals surface area contributed by atoms with Gasteiger partial charge in [-0.25, -0.2) is 4.68 Å². The number of benzene rings is 1. The van der Waals surface area contributed by atoms with Gasteiger partial charge in [0, 0.05) is 11.6 Å². The molecule has 3 N–H and O–H groups in total. The molecule has 1 heterocycles. The highest BCUT2D eigenvalue weighted by atomic mass is 35.5. The van der Waals surface area contributed by atoms with Gasteiger partial charge in [0.1, 0.15) is 12.4 Å². The van der Waals surface area contributed by atoms with Gasteiger partial charge in [-0.15, -0.1) is 5.10 Å². The Kier molecular flexibility index (Phi) is 7.74. The molecule has 2 rings (SSSR count). The summed E-state index contributed by atoms with van der Waals surface area (Å²) in [7, 11) is 0. The number of nitrogens with zero attached hydrogens (tertiary/aromatic N) is 4. The Labute approximate surface area is 121 Å². The van der Waals surface area contributed by atoms with Crippen LogP contribution in [0.5, 0.6) is 0 Å². The molecule has 1 aromatic heterocycles. The van der Waals surface area contributed by atoms with E-state index in [1.54, 1.807) is 11.0 Å². The smallest absolute Gasteiger partial charge is 0.138 e. The lowest BCUT2D eigenvalue weighted by molar-refractivity contribution is 0.0450. The lowest BCUT2D eigenvalue weighted by atomic mass is 10.1. The molecule has 0 saturated carbocycles. The molecule has 0 radical (unpaired) electrons. The van der Waals surface area contributed by atoms with Crippen molar-refractivity contribution in [3.63, 3.8) is 0 Å². The van der Waals surface area contributed by atoms with E-state index in [9.17, 15) is 0 Å². The summed E-state index contributed by atoms with van der Waals surface area (Å²) in [5.41, 5.74) is 1.12. The van der Waals surface area contributed by atoms with Gasteiger partial charge in [0.25, 0.3) is 0 Å². The normalized spacial score (nSPS) is 10.2. The zero-order valence-corrected chi connectivity index (χ0v) is 11.6. The van der Waals surface area contributed by atoms with Gasteiger partial charge in [0.05, 0.1) is 13.2 Å². The van der Waals surface area contributed by atoms with Gasteiger partial charge < -0.3 is 15.3 Å². The monoisotopic (exact) mass is 300 g/mol. The van der Waals surface area contributed by atoms with Gasteiger partial charge in [0.2, 0.25) is 0 Å². The van der Waals surface area contributed by atoms with Crippen LogP contribution in [0.25, 0.3) is 0 Å². The first kappa shape index (κ1) is 16.5. The van der Waals surface area contributed by atoms with Gasteiger partial charge in [-0.05, 0) is 28.5 Å². The van der Waals surface area contributed by atoms with Crippen molar-refractivity contribution in [3.05, 3.63) is 41.2 Å². The summed E-state index contributed by atoms with van der Waals surface area (Å²) < 4.78 is 1.68. The molecule has 0 amide bonds. The van der Waals surface area contributed by atoms with Gasteiger partial charge in [-0.1, -0.05) is 29.8 Å². The van der Waals surface area contributed by atoms with Crippen LogP contribution in [0, 0.1) is 0 Å². The highest BCUT2D eigenvalue weighted by molar-refractivity contribution is 6.31. The van der Waals surface area contributed by atoms with Crippen LogP contribution in [0.2, 0.25) is 5.02 Å². The van der Waals surface area contributed by atoms with Crippen molar-refractivity contribution in [2.24, 2.45) is 0 Å². The first-order valence-corrected chi connectivity index (χ1v) is 6.39. The molecule has 0 aliphatic heterocycles. The Morgan fingerprint density at radius 2 is 1.90 bits per heavy atom. The first-order chi connectivity index (χ1) is 9.67. The van der Waals surface area contributed by atoms with Crippen LogP contribution in [0.1, 0.15) is 5.56 Å². The summed E-state index contributed by atoms with van der Waals surface area (Å²) >= 11 is 6.00. The molecule has 0 unspecified atom stereocenters. The van der Waals surface area contributed by atoms with E-state index >= 15 is 0 Å². The van der Waals surface area contributed by atoms with Gasteiger partial charge in [0.15, 0.2) is 0 Å². The van der Waals surface area contributed by atoms with E-state index in [0.29, 0.717) is 0 Å². The van der Waals surface area contributed by atoms with Crippen LogP contribution in [0.3, 0.4) is 0 Å². The number of rotatable bonds is 5. The summed E-state index contributed by atoms with van der Waals surface area (Å²) in [4.78, 5) is 0. The highest BCUT2D eigenvalue weighted by Gasteiger charge is 1.99. The van der Waals surface area contributed by atoms with Gasteiger partial charge in [-0.2, -0.15) is 0 Å². The number of aryl methyl sites for hydroxylation is 2. The number of aliphatic hydroxyl groups is 3. The van der Waals surface area contributed by atoms with Crippen molar-refractivity contribution in [1.82, 2.24) is 20.2 Å². The second kappa shape index (κ2) is 9.38. The van der Waals surface area contributed by atoms with Crippen LogP contribution in [0.4, 0.5) is 0 Å². The Morgan fingerprint density at radius 1 is 1.20 bits per heavy atom. The van der Waals surface area contributed by atoms with Crippen LogP contribution < -0.4 is 0 Å². The lowest BCUT2D eigenvalue weighted by Gasteiger charge is -2.02. The average molecular weight is 301 g/mol. The molecule has 0 aliphatic carbocycles. The fraction of sp³-hybridized carbons (Fsp3) is 0.417. The van der Waals surface area contributed by atoms with Crippen LogP contribution in [-0.2, 0) is 13.0 Å². The van der Waals surface area contributed by atoms with Crippen molar-refractivity contribution >= 4 is 11.6 Å². The van der Waals surface area contributed by atoms with E-state index in [0.717, 1.165) is 23.6 Å². The van der Waals surface area contributed by atoms with E-state index in [4.69, 9.17) is 26.9 Å². The van der Waals surface area contributed by atoms with Crippen LogP contribution in [0.15, 0.2) is 30.6 Å². The fourth-order valence-electron chi connectivity index (χ4n) is 1.28. The Bertz CT molecular complexity index is 477. The third-order valence-electron chi connectivity index (χ3n) is 2.38. The predicted octanol–water partition coefficient (Wildman–Crippen LogP) is -0.0989. The van der Waals surface area contributed by atoms with E-state index < -0.39 is 6.10 Å². The molecular weight excluding hydrogens is 284 g/mol. The highest BCUT2D eigenvalue weighted by Crippen LogP contribution is 2.15. The minimum absolute atomic E-state index is 0.365. The zero-order chi connectivity index (χ0) is 14.8. The Morgan fingerprint density at radius 3 is 2.40 bits per heavy atom. The van der Waals surface area contributed by atoms with Crippen molar-refractivity contribution in [2.75, 3.05) is 13.2 Å². The van der Waals surface area contributed by atoms with E-state index in [1.165, 1.54) is 0 Å². The molecule has 7 nitrogen and oxygen atoms in total. The van der Waals surface area contributed by atoms with Crippen molar-refractivity contribution < 1.29 is 15.3 Å². The number of tetrazole rings is 1. The summed E-state index contributed by atoms with van der Waals surface area (Å²) in [6.45, 7) is 0.0176. The predicted molar refractivity (Wildman–Crippen MR) is 73.2 cm³/mol. The molecule has 8 heteroatoms. The topological polar surface area (TPSA) is 104 Å². The molecule has 1 aromatic carbocycles. The second-order valence-electron chi connectivity index (χ2n) is 3.93. The van der Waals surface area contributed by atoms with Crippen LogP contribution in [-0.4, -0.2) is 54.8 Å². The van der Waals surface area contributed by atoms with E-state index in [1.807, 2.05) is 24.3 Å². The molecule has 0 atom stereocenters. The maximum Gasteiger partial charge on any atom is 0.138 e. The molecule has 0 spiro atoms. The molecule has 0 fully saturated rings. The van der Waals surface area contributed by atoms with E-state index in [2.05, 4.69) is 15.5 Å². The minimum atomic E-state index is -0.954. The standard InChI is InChI=1S/C9H9ClN4.C3H8O3/c10-9-4-2-1-3-8(9)5-6-14-7-11-12-13-14;4-1-3(6)2-5/h1-4,7H,5-6H2;3-6H,1-2H2. The molecule has 0 aliphatic rings. The summed E-state index contributed by atoms with van der Waals surface area (Å²) in [6.07, 6.45) is 1.48. The minimum Gasteiger partial charge on any atom is -0.394 e. The zero-order valence-electron chi connectivity index (χ0n) is 10.8. The first-order valence-electron chi connectivity index (χ1n) is 6.01. The third-order valence-corrected chi connectivity index (χ3v) is 2.75. The molecule has 0 bridgehead atoms. The van der Waals surface area contributed by atoms with Crippen molar-refractivity contribution in [2.45, 2.75) is 19.1 Å².